The summed E-state index contributed by atoms with van der Waals surface area (Å²) in [5, 5.41) is 6.78. The van der Waals surface area contributed by atoms with Gasteiger partial charge >= 0.3 is 6.09 Å². The Kier molecular flexibility index (Phi) is 6.23. The number of nitrogens with zero attached hydrogens (tertiary/aromatic N) is 2. The van der Waals surface area contributed by atoms with Crippen LogP contribution in [0.2, 0.25) is 0 Å². The summed E-state index contributed by atoms with van der Waals surface area (Å²) in [7, 11) is 1.59. The summed E-state index contributed by atoms with van der Waals surface area (Å²) >= 11 is 0. The van der Waals surface area contributed by atoms with E-state index in [0.29, 0.717) is 36.6 Å². The van der Waals surface area contributed by atoms with E-state index in [0.717, 1.165) is 54.8 Å². The molecule has 0 unspecified atom stereocenters. The summed E-state index contributed by atoms with van der Waals surface area (Å²) in [4.78, 5) is 21.4. The molecule has 2 aromatic heterocycles. The third-order valence-corrected chi connectivity index (χ3v) is 7.43. The van der Waals surface area contributed by atoms with Crippen LogP contribution in [-0.4, -0.2) is 48.5 Å². The van der Waals surface area contributed by atoms with Gasteiger partial charge in [-0.2, -0.15) is 0 Å². The lowest BCUT2D eigenvalue weighted by Gasteiger charge is -2.34. The molecule has 0 radical (unpaired) electrons. The Morgan fingerprint density at radius 2 is 1.89 bits per heavy atom. The van der Waals surface area contributed by atoms with Crippen molar-refractivity contribution in [2.45, 2.75) is 50.4 Å². The normalized spacial score (nSPS) is 25.3. The molecule has 2 fully saturated rings. The van der Waals surface area contributed by atoms with Crippen molar-refractivity contribution < 1.29 is 23.7 Å². The third-order valence-electron chi connectivity index (χ3n) is 7.43. The van der Waals surface area contributed by atoms with Crippen LogP contribution in [0.5, 0.6) is 17.4 Å². The first kappa shape index (κ1) is 22.8. The Bertz CT molecular complexity index is 1260. The fourth-order valence-electron chi connectivity index (χ4n) is 5.57. The molecule has 188 valence electrons. The smallest absolute Gasteiger partial charge is 0.408 e. The van der Waals surface area contributed by atoms with Crippen molar-refractivity contribution in [2.24, 2.45) is 5.92 Å². The summed E-state index contributed by atoms with van der Waals surface area (Å²) in [5.74, 6) is 2.47. The molecule has 9 heteroatoms. The number of fused-ring (bicyclic) bond motifs is 2. The van der Waals surface area contributed by atoms with Gasteiger partial charge in [0.15, 0.2) is 17.6 Å². The van der Waals surface area contributed by atoms with Gasteiger partial charge < -0.3 is 29.6 Å². The van der Waals surface area contributed by atoms with E-state index in [4.69, 9.17) is 18.9 Å². The second-order valence-electron chi connectivity index (χ2n) is 9.59. The standard InChI is InChI=1S/C27H30N4O5/c1-33-23-9-7-20-25(30-23)19(10-11-28-20)26-24(31-27(32)36-26)17-3-5-18(6-4-17)29-15-16-2-8-21-22(14-16)35-13-12-34-21/h2,7-11,14,17-18,24,26,29H,3-6,12-13,15H2,1H3,(H,31,32)/t17-,18-,24-,26-/m1/s1. The molecule has 6 rings (SSSR count). The summed E-state index contributed by atoms with van der Waals surface area (Å²) in [6.07, 6.45) is 5.04. The zero-order valence-electron chi connectivity index (χ0n) is 20.2. The van der Waals surface area contributed by atoms with Gasteiger partial charge in [-0.05, 0) is 61.4 Å². The van der Waals surface area contributed by atoms with Gasteiger partial charge in [0.25, 0.3) is 0 Å². The molecule has 3 aliphatic rings. The van der Waals surface area contributed by atoms with E-state index >= 15 is 0 Å². The maximum Gasteiger partial charge on any atom is 0.408 e. The van der Waals surface area contributed by atoms with E-state index in [1.54, 1.807) is 19.4 Å². The van der Waals surface area contributed by atoms with Gasteiger partial charge in [-0.3, -0.25) is 4.98 Å². The highest BCUT2D eigenvalue weighted by atomic mass is 16.6. The Morgan fingerprint density at radius 3 is 2.72 bits per heavy atom. The lowest BCUT2D eigenvalue weighted by atomic mass is 9.78. The molecular weight excluding hydrogens is 460 g/mol. The number of aromatic nitrogens is 2. The van der Waals surface area contributed by atoms with Crippen LogP contribution < -0.4 is 24.8 Å². The highest BCUT2D eigenvalue weighted by molar-refractivity contribution is 5.80. The predicted molar refractivity (Wildman–Crippen MR) is 132 cm³/mol. The number of rotatable bonds is 6. The lowest BCUT2D eigenvalue weighted by Crippen LogP contribution is -2.41. The molecule has 36 heavy (non-hydrogen) atoms. The van der Waals surface area contributed by atoms with Crippen molar-refractivity contribution in [3.8, 4) is 17.4 Å². The number of ether oxygens (including phenoxy) is 4. The van der Waals surface area contributed by atoms with Gasteiger partial charge in [0.1, 0.15) is 13.2 Å². The Morgan fingerprint density at radius 1 is 1.06 bits per heavy atom. The Hall–Kier alpha value is -3.59. The molecule has 2 aliphatic heterocycles. The second-order valence-corrected chi connectivity index (χ2v) is 9.59. The number of cyclic esters (lactones) is 1. The molecule has 2 N–H and O–H groups in total. The molecule has 1 saturated heterocycles. The number of hydrogen-bond donors (Lipinski definition) is 2. The van der Waals surface area contributed by atoms with Crippen LogP contribution in [0.1, 0.15) is 42.9 Å². The lowest BCUT2D eigenvalue weighted by molar-refractivity contribution is 0.115. The highest BCUT2D eigenvalue weighted by Gasteiger charge is 2.42. The van der Waals surface area contributed by atoms with E-state index in [-0.39, 0.29) is 12.1 Å². The highest BCUT2D eigenvalue weighted by Crippen LogP contribution is 2.39. The number of nitrogens with one attached hydrogen (secondary N) is 2. The van der Waals surface area contributed by atoms with Gasteiger partial charge in [0, 0.05) is 30.4 Å². The molecule has 3 aromatic rings. The van der Waals surface area contributed by atoms with Crippen molar-refractivity contribution in [2.75, 3.05) is 20.3 Å². The summed E-state index contributed by atoms with van der Waals surface area (Å²) in [6, 6.07) is 12.0. The second kappa shape index (κ2) is 9.81. The Balaban J connectivity index is 1.11. The van der Waals surface area contributed by atoms with Crippen LogP contribution in [0.25, 0.3) is 11.0 Å². The quantitative estimate of drug-likeness (QED) is 0.536. The van der Waals surface area contributed by atoms with E-state index < -0.39 is 6.10 Å². The summed E-state index contributed by atoms with van der Waals surface area (Å²) in [5.41, 5.74) is 3.51. The first-order valence-corrected chi connectivity index (χ1v) is 12.6. The average Bonchev–Trinajstić information content (AvgIpc) is 3.32. The topological polar surface area (TPSA) is 104 Å². The largest absolute Gasteiger partial charge is 0.486 e. The molecule has 1 amide bonds. The van der Waals surface area contributed by atoms with Crippen LogP contribution in [0.4, 0.5) is 4.79 Å². The molecule has 0 spiro atoms. The summed E-state index contributed by atoms with van der Waals surface area (Å²) < 4.78 is 22.4. The third kappa shape index (κ3) is 4.51. The number of carbonyl (C=O) groups excluding carboxylic acids is 1. The minimum atomic E-state index is -0.408. The number of carbonyl (C=O) groups is 1. The number of hydrogen-bond acceptors (Lipinski definition) is 8. The van der Waals surface area contributed by atoms with Crippen molar-refractivity contribution in [1.29, 1.82) is 0 Å². The van der Waals surface area contributed by atoms with Gasteiger partial charge in [0.2, 0.25) is 5.88 Å². The monoisotopic (exact) mass is 490 g/mol. The van der Waals surface area contributed by atoms with Crippen LogP contribution >= 0.6 is 0 Å². The number of pyridine rings is 2. The zero-order valence-corrected chi connectivity index (χ0v) is 20.2. The van der Waals surface area contributed by atoms with Crippen LogP contribution in [0, 0.1) is 5.92 Å². The van der Waals surface area contributed by atoms with E-state index in [1.807, 2.05) is 18.2 Å². The van der Waals surface area contributed by atoms with Gasteiger partial charge in [0.05, 0.1) is 24.2 Å². The zero-order chi connectivity index (χ0) is 24.5. The Labute approximate surface area is 209 Å². The van der Waals surface area contributed by atoms with Crippen molar-refractivity contribution >= 4 is 17.1 Å². The van der Waals surface area contributed by atoms with E-state index in [9.17, 15) is 4.79 Å². The summed E-state index contributed by atoms with van der Waals surface area (Å²) in [6.45, 7) is 1.98. The van der Waals surface area contributed by atoms with Gasteiger partial charge in [-0.25, -0.2) is 9.78 Å². The molecule has 0 bridgehead atoms. The van der Waals surface area contributed by atoms with Crippen molar-refractivity contribution in [3.63, 3.8) is 0 Å². The molecule has 2 atom stereocenters. The number of amides is 1. The van der Waals surface area contributed by atoms with Crippen LogP contribution in [-0.2, 0) is 11.3 Å². The van der Waals surface area contributed by atoms with E-state index in [2.05, 4.69) is 32.7 Å². The van der Waals surface area contributed by atoms with Crippen molar-refractivity contribution in [3.05, 3.63) is 53.7 Å². The molecule has 1 aromatic carbocycles. The predicted octanol–water partition coefficient (Wildman–Crippen LogP) is 3.91. The average molecular weight is 491 g/mol. The molecule has 4 heterocycles. The minimum Gasteiger partial charge on any atom is -0.486 e. The first-order chi connectivity index (χ1) is 17.7. The number of benzene rings is 1. The molecule has 1 aliphatic carbocycles. The van der Waals surface area contributed by atoms with Crippen LogP contribution in [0.3, 0.4) is 0 Å². The van der Waals surface area contributed by atoms with Gasteiger partial charge in [-0.1, -0.05) is 6.07 Å². The molecular formula is C27H30N4O5. The first-order valence-electron chi connectivity index (χ1n) is 12.6. The van der Waals surface area contributed by atoms with Gasteiger partial charge in [-0.15, -0.1) is 0 Å². The maximum absolute atomic E-state index is 12.3. The minimum absolute atomic E-state index is 0.102. The maximum atomic E-state index is 12.3. The SMILES string of the molecule is COc1ccc2nccc([C@H]3OC(=O)N[C@@H]3[C@H]3CC[C@H](NCc4ccc5c(c4)OCCO5)CC3)c2n1. The molecule has 9 nitrogen and oxygen atoms in total. The fraction of sp³-hybridized carbons (Fsp3) is 0.444. The molecule has 1 saturated carbocycles. The number of alkyl carbamates (subject to hydrolysis) is 1. The van der Waals surface area contributed by atoms with E-state index in [1.165, 1.54) is 5.56 Å². The fourth-order valence-corrected chi connectivity index (χ4v) is 5.57. The van der Waals surface area contributed by atoms with Crippen LogP contribution in [0.15, 0.2) is 42.6 Å². The number of methoxy groups -OCH3 is 1. The van der Waals surface area contributed by atoms with Crippen molar-refractivity contribution in [1.82, 2.24) is 20.6 Å².